The van der Waals surface area contributed by atoms with Gasteiger partial charge in [0.1, 0.15) is 11.5 Å². The van der Waals surface area contributed by atoms with Gasteiger partial charge in [-0.2, -0.15) is 0 Å². The van der Waals surface area contributed by atoms with Crippen molar-refractivity contribution in [3.8, 4) is 11.5 Å². The zero-order valence-corrected chi connectivity index (χ0v) is 17.1. The van der Waals surface area contributed by atoms with Crippen LogP contribution in [0.1, 0.15) is 36.2 Å². The maximum Gasteiger partial charge on any atom is 0.276 e. The number of halogens is 1. The Morgan fingerprint density at radius 2 is 1.93 bits per heavy atom. The summed E-state index contributed by atoms with van der Waals surface area (Å²) >= 11 is 3.37. The van der Waals surface area contributed by atoms with Crippen molar-refractivity contribution >= 4 is 27.7 Å². The van der Waals surface area contributed by atoms with Crippen molar-refractivity contribution < 1.29 is 19.1 Å². The van der Waals surface area contributed by atoms with Crippen LogP contribution >= 0.6 is 15.9 Å². The van der Waals surface area contributed by atoms with Crippen LogP contribution < -0.4 is 20.3 Å². The van der Waals surface area contributed by atoms with Crippen LogP contribution in [-0.4, -0.2) is 24.5 Å². The molecular weight excluding hydrogens is 412 g/mol. The molecule has 1 unspecified atom stereocenters. The lowest BCUT2D eigenvalue weighted by molar-refractivity contribution is -0.123. The summed E-state index contributed by atoms with van der Waals surface area (Å²) in [5, 5.41) is 0. The van der Waals surface area contributed by atoms with Crippen molar-refractivity contribution in [2.24, 2.45) is 0 Å². The Morgan fingerprint density at radius 1 is 1.15 bits per heavy atom. The van der Waals surface area contributed by atoms with Gasteiger partial charge < -0.3 is 9.47 Å². The number of nitrogens with one attached hydrogen (secondary N) is 2. The van der Waals surface area contributed by atoms with E-state index in [-0.39, 0.29) is 12.7 Å². The summed E-state index contributed by atoms with van der Waals surface area (Å²) in [6.45, 7) is 5.66. The third-order valence-corrected chi connectivity index (χ3v) is 4.31. The Labute approximate surface area is 167 Å². The van der Waals surface area contributed by atoms with Crippen LogP contribution in [0.3, 0.4) is 0 Å². The summed E-state index contributed by atoms with van der Waals surface area (Å²) in [6, 6.07) is 12.3. The summed E-state index contributed by atoms with van der Waals surface area (Å²) in [4.78, 5) is 24.1. The molecule has 0 bridgehead atoms. The van der Waals surface area contributed by atoms with E-state index in [0.717, 1.165) is 16.5 Å². The smallest absolute Gasteiger partial charge is 0.276 e. The lowest BCUT2D eigenvalue weighted by atomic mass is 10.2. The first kappa shape index (κ1) is 20.8. The van der Waals surface area contributed by atoms with E-state index in [2.05, 4.69) is 26.8 Å². The molecule has 6 nitrogen and oxygen atoms in total. The lowest BCUT2D eigenvalue weighted by Gasteiger charge is -2.13. The standard InChI is InChI=1S/C20H23BrN2O4/c1-4-14(3)27-17-7-5-6-15(11-17)20(25)23-22-19(24)12-26-18-9-8-16(21)10-13(18)2/h5-11,14H,4,12H2,1-3H3,(H,22,24)(H,23,25). The monoisotopic (exact) mass is 434 g/mol. The Balaban J connectivity index is 1.84. The number of amides is 2. The van der Waals surface area contributed by atoms with Crippen LogP contribution in [0.25, 0.3) is 0 Å². The van der Waals surface area contributed by atoms with E-state index in [1.807, 2.05) is 32.9 Å². The highest BCUT2D eigenvalue weighted by atomic mass is 79.9. The van der Waals surface area contributed by atoms with Crippen molar-refractivity contribution in [1.82, 2.24) is 10.9 Å². The van der Waals surface area contributed by atoms with E-state index in [0.29, 0.717) is 17.1 Å². The molecule has 7 heteroatoms. The first-order valence-corrected chi connectivity index (χ1v) is 9.43. The van der Waals surface area contributed by atoms with E-state index in [9.17, 15) is 9.59 Å². The highest BCUT2D eigenvalue weighted by molar-refractivity contribution is 9.10. The van der Waals surface area contributed by atoms with E-state index in [1.54, 1.807) is 30.3 Å². The molecule has 0 radical (unpaired) electrons. The molecule has 0 heterocycles. The molecule has 27 heavy (non-hydrogen) atoms. The van der Waals surface area contributed by atoms with Gasteiger partial charge in [-0.15, -0.1) is 0 Å². The van der Waals surface area contributed by atoms with Gasteiger partial charge in [0, 0.05) is 10.0 Å². The molecular formula is C20H23BrN2O4. The number of benzene rings is 2. The molecule has 144 valence electrons. The minimum atomic E-state index is -0.460. The number of aryl methyl sites for hydroxylation is 1. The maximum absolute atomic E-state index is 12.2. The molecule has 2 N–H and O–H groups in total. The maximum atomic E-state index is 12.2. The fourth-order valence-electron chi connectivity index (χ4n) is 2.18. The normalized spacial score (nSPS) is 11.4. The third-order valence-electron chi connectivity index (χ3n) is 3.82. The lowest BCUT2D eigenvalue weighted by Crippen LogP contribution is -2.43. The van der Waals surface area contributed by atoms with Crippen molar-refractivity contribution in [3.05, 3.63) is 58.1 Å². The van der Waals surface area contributed by atoms with Gasteiger partial charge in [-0.1, -0.05) is 28.9 Å². The Morgan fingerprint density at radius 3 is 2.63 bits per heavy atom. The predicted molar refractivity (Wildman–Crippen MR) is 107 cm³/mol. The second kappa shape index (κ2) is 9.97. The summed E-state index contributed by atoms with van der Waals surface area (Å²) in [6.07, 6.45) is 0.923. The minimum absolute atomic E-state index is 0.0576. The average molecular weight is 435 g/mol. The number of rotatable bonds is 7. The minimum Gasteiger partial charge on any atom is -0.491 e. The molecule has 0 saturated carbocycles. The number of carbonyl (C=O) groups excluding carboxylic acids is 2. The zero-order valence-electron chi connectivity index (χ0n) is 15.5. The van der Waals surface area contributed by atoms with Crippen LogP contribution in [0.2, 0.25) is 0 Å². The summed E-state index contributed by atoms with van der Waals surface area (Å²) in [7, 11) is 0. The van der Waals surface area contributed by atoms with Crippen LogP contribution in [0.5, 0.6) is 11.5 Å². The van der Waals surface area contributed by atoms with Crippen molar-refractivity contribution in [2.75, 3.05) is 6.61 Å². The largest absolute Gasteiger partial charge is 0.491 e. The quantitative estimate of drug-likeness (QED) is 0.650. The Hall–Kier alpha value is -2.54. The molecule has 2 rings (SSSR count). The number of hydrazine groups is 1. The second-order valence-electron chi connectivity index (χ2n) is 6.07. The molecule has 0 aliphatic heterocycles. The molecule has 2 aromatic carbocycles. The van der Waals surface area contributed by atoms with Gasteiger partial charge in [-0.3, -0.25) is 20.4 Å². The fraction of sp³-hybridized carbons (Fsp3) is 0.300. The molecule has 0 aromatic heterocycles. The molecule has 0 spiro atoms. The SMILES string of the molecule is CCC(C)Oc1cccc(C(=O)NNC(=O)COc2ccc(Br)cc2C)c1. The Bertz CT molecular complexity index is 810. The molecule has 0 saturated heterocycles. The van der Waals surface area contributed by atoms with Gasteiger partial charge in [0.25, 0.3) is 11.8 Å². The van der Waals surface area contributed by atoms with Crippen molar-refractivity contribution in [2.45, 2.75) is 33.3 Å². The van der Waals surface area contributed by atoms with Gasteiger partial charge >= 0.3 is 0 Å². The molecule has 0 aliphatic rings. The van der Waals surface area contributed by atoms with E-state index in [4.69, 9.17) is 9.47 Å². The highest BCUT2D eigenvalue weighted by Gasteiger charge is 2.10. The molecule has 0 fully saturated rings. The first-order chi connectivity index (χ1) is 12.9. The van der Waals surface area contributed by atoms with Gasteiger partial charge in [-0.25, -0.2) is 0 Å². The first-order valence-electron chi connectivity index (χ1n) is 8.64. The number of hydrogen-bond acceptors (Lipinski definition) is 4. The van der Waals surface area contributed by atoms with E-state index >= 15 is 0 Å². The van der Waals surface area contributed by atoms with Crippen LogP contribution in [0.15, 0.2) is 46.9 Å². The van der Waals surface area contributed by atoms with Crippen molar-refractivity contribution in [3.63, 3.8) is 0 Å². The number of hydrogen-bond donors (Lipinski definition) is 2. The predicted octanol–water partition coefficient (Wildman–Crippen LogP) is 3.77. The van der Waals surface area contributed by atoms with Crippen LogP contribution in [0.4, 0.5) is 0 Å². The molecule has 0 aliphatic carbocycles. The third kappa shape index (κ3) is 6.60. The van der Waals surface area contributed by atoms with Gasteiger partial charge in [0.15, 0.2) is 6.61 Å². The average Bonchev–Trinajstić information content (AvgIpc) is 2.65. The summed E-state index contributed by atoms with van der Waals surface area (Å²) in [5.41, 5.74) is 6.00. The topological polar surface area (TPSA) is 76.7 Å². The zero-order chi connectivity index (χ0) is 19.8. The van der Waals surface area contributed by atoms with Gasteiger partial charge in [0.05, 0.1) is 6.10 Å². The summed E-state index contributed by atoms with van der Waals surface area (Å²) in [5.74, 6) is 0.322. The van der Waals surface area contributed by atoms with Gasteiger partial charge in [-0.05, 0) is 62.2 Å². The summed E-state index contributed by atoms with van der Waals surface area (Å²) < 4.78 is 12.1. The number of carbonyl (C=O) groups is 2. The Kier molecular flexibility index (Phi) is 7.67. The molecule has 2 aromatic rings. The van der Waals surface area contributed by atoms with Crippen LogP contribution in [-0.2, 0) is 4.79 Å². The fourth-order valence-corrected chi connectivity index (χ4v) is 2.65. The second-order valence-corrected chi connectivity index (χ2v) is 6.98. The number of ether oxygens (including phenoxy) is 2. The van der Waals surface area contributed by atoms with Gasteiger partial charge in [0.2, 0.25) is 0 Å². The highest BCUT2D eigenvalue weighted by Crippen LogP contribution is 2.22. The van der Waals surface area contributed by atoms with Crippen LogP contribution in [0, 0.1) is 6.92 Å². The molecule has 1 atom stereocenters. The van der Waals surface area contributed by atoms with E-state index < -0.39 is 11.8 Å². The van der Waals surface area contributed by atoms with Crippen molar-refractivity contribution in [1.29, 1.82) is 0 Å². The molecule has 2 amide bonds. The van der Waals surface area contributed by atoms with E-state index in [1.165, 1.54) is 0 Å².